The maximum atomic E-state index is 4.14. The van der Waals surface area contributed by atoms with Gasteiger partial charge in [0.15, 0.2) is 0 Å². The molecule has 14 heavy (non-hydrogen) atoms. The lowest BCUT2D eigenvalue weighted by Gasteiger charge is -1.80. The number of aromatic nitrogens is 3. The summed E-state index contributed by atoms with van der Waals surface area (Å²) in [5.41, 5.74) is 6.33. The Labute approximate surface area is 89.1 Å². The Morgan fingerprint density at radius 2 is 1.71 bits per heavy atom. The minimum atomic E-state index is 1.10. The van der Waals surface area contributed by atoms with Crippen molar-refractivity contribution in [3.8, 4) is 0 Å². The molecule has 2 aromatic heterocycles. The lowest BCUT2D eigenvalue weighted by molar-refractivity contribution is 1.09. The number of para-hydroxylation sites is 1. The Morgan fingerprint density at radius 3 is 2.36 bits per heavy atom. The molecule has 0 radical (unpaired) electrons. The molecule has 5 heteroatoms. The van der Waals surface area contributed by atoms with Gasteiger partial charge >= 0.3 is 0 Å². The quantitative estimate of drug-likeness (QED) is 0.586. The van der Waals surface area contributed by atoms with Crippen molar-refractivity contribution in [1.29, 1.82) is 0 Å². The highest BCUT2D eigenvalue weighted by molar-refractivity contribution is 7.16. The minimum Gasteiger partial charge on any atom is -0.245 e. The van der Waals surface area contributed by atoms with Crippen LogP contribution in [0.2, 0.25) is 0 Å². The Hall–Kier alpha value is -1.33. The zero-order valence-corrected chi connectivity index (χ0v) is 8.83. The van der Waals surface area contributed by atoms with E-state index in [0.29, 0.717) is 0 Å². The number of hydrogen-bond donors (Lipinski definition) is 0. The van der Waals surface area contributed by atoms with Gasteiger partial charge in [-0.05, 0) is 12.1 Å². The van der Waals surface area contributed by atoms with Gasteiger partial charge in [-0.2, -0.15) is 0 Å². The van der Waals surface area contributed by atoms with Crippen LogP contribution in [0.15, 0.2) is 40.8 Å². The van der Waals surface area contributed by atoms with Crippen LogP contribution in [0.5, 0.6) is 0 Å². The van der Waals surface area contributed by atoms with Crippen molar-refractivity contribution in [2.75, 3.05) is 0 Å². The molecule has 0 bridgehead atoms. The second-order valence-corrected chi connectivity index (χ2v) is 3.98. The predicted octanol–water partition coefficient (Wildman–Crippen LogP) is 2.83. The smallest absolute Gasteiger partial charge is 0.103 e. The first-order valence-corrected chi connectivity index (χ1v) is 5.76. The SMILES string of the molecule is c1ccc2scnc2c1.c1nncs1. The third-order valence-corrected chi connectivity index (χ3v) is 2.76. The summed E-state index contributed by atoms with van der Waals surface area (Å²) in [6, 6.07) is 8.13. The van der Waals surface area contributed by atoms with E-state index < -0.39 is 0 Å². The zero-order valence-electron chi connectivity index (χ0n) is 7.20. The molecule has 0 aliphatic heterocycles. The molecule has 70 valence electrons. The van der Waals surface area contributed by atoms with E-state index >= 15 is 0 Å². The highest BCUT2D eigenvalue weighted by Crippen LogP contribution is 2.15. The van der Waals surface area contributed by atoms with Crippen LogP contribution in [0, 0.1) is 0 Å². The first kappa shape index (κ1) is 9.23. The maximum Gasteiger partial charge on any atom is 0.103 e. The summed E-state index contributed by atoms with van der Waals surface area (Å²) in [5.74, 6) is 0. The Balaban J connectivity index is 0.000000128. The summed E-state index contributed by atoms with van der Waals surface area (Å²) < 4.78 is 1.26. The van der Waals surface area contributed by atoms with Crippen molar-refractivity contribution in [2.45, 2.75) is 0 Å². The van der Waals surface area contributed by atoms with Crippen LogP contribution in [-0.4, -0.2) is 15.2 Å². The highest BCUT2D eigenvalue weighted by atomic mass is 32.1. The molecule has 3 aromatic rings. The molecule has 1 aromatic carbocycles. The van der Waals surface area contributed by atoms with Crippen molar-refractivity contribution >= 4 is 32.9 Å². The largest absolute Gasteiger partial charge is 0.245 e. The molecule has 0 atom stereocenters. The molecule has 0 unspecified atom stereocenters. The molecule has 0 spiro atoms. The average molecular weight is 221 g/mol. The van der Waals surface area contributed by atoms with Gasteiger partial charge in [0, 0.05) is 0 Å². The van der Waals surface area contributed by atoms with Gasteiger partial charge in [0.25, 0.3) is 0 Å². The zero-order chi connectivity index (χ0) is 9.64. The summed E-state index contributed by atoms with van der Waals surface area (Å²) in [6.45, 7) is 0. The molecule has 2 heterocycles. The van der Waals surface area contributed by atoms with Gasteiger partial charge in [-0.1, -0.05) is 12.1 Å². The van der Waals surface area contributed by atoms with Crippen LogP contribution >= 0.6 is 22.7 Å². The lowest BCUT2D eigenvalue weighted by Crippen LogP contribution is -1.61. The fourth-order valence-corrected chi connectivity index (χ4v) is 1.89. The van der Waals surface area contributed by atoms with Crippen molar-refractivity contribution < 1.29 is 0 Å². The number of thiazole rings is 1. The second kappa shape index (κ2) is 4.78. The van der Waals surface area contributed by atoms with Gasteiger partial charge in [0.2, 0.25) is 0 Å². The first-order chi connectivity index (χ1) is 6.97. The number of benzene rings is 1. The molecule has 0 amide bonds. The van der Waals surface area contributed by atoms with Crippen LogP contribution < -0.4 is 0 Å². The van der Waals surface area contributed by atoms with Gasteiger partial charge in [-0.3, -0.25) is 0 Å². The van der Waals surface area contributed by atoms with Gasteiger partial charge < -0.3 is 0 Å². The summed E-state index contributed by atoms with van der Waals surface area (Å²) in [5, 5.41) is 6.98. The lowest BCUT2D eigenvalue weighted by atomic mass is 10.3. The molecule has 3 rings (SSSR count). The first-order valence-electron chi connectivity index (χ1n) is 3.94. The van der Waals surface area contributed by atoms with Crippen LogP contribution in [0.3, 0.4) is 0 Å². The van der Waals surface area contributed by atoms with Crippen LogP contribution in [0.25, 0.3) is 10.2 Å². The van der Waals surface area contributed by atoms with E-state index in [0.717, 1.165) is 5.52 Å². The molecule has 0 saturated carbocycles. The average Bonchev–Trinajstić information content (AvgIpc) is 2.92. The predicted molar refractivity (Wildman–Crippen MR) is 59.5 cm³/mol. The number of rotatable bonds is 0. The fraction of sp³-hybridized carbons (Fsp3) is 0. The molecular formula is C9H7N3S2. The molecule has 0 aliphatic carbocycles. The molecular weight excluding hydrogens is 214 g/mol. The summed E-state index contributed by atoms with van der Waals surface area (Å²) in [4.78, 5) is 4.14. The summed E-state index contributed by atoms with van der Waals surface area (Å²) >= 11 is 3.17. The standard InChI is InChI=1S/C7H5NS.C2H2N2S/c1-2-4-7-6(3-1)8-5-9-7;1-3-4-2-5-1/h1-5H;1-2H. The molecule has 3 nitrogen and oxygen atoms in total. The van der Waals surface area contributed by atoms with Gasteiger partial charge in [0.05, 0.1) is 15.7 Å². The van der Waals surface area contributed by atoms with E-state index in [1.54, 1.807) is 22.4 Å². The molecule has 0 saturated heterocycles. The van der Waals surface area contributed by atoms with Gasteiger partial charge in [0.1, 0.15) is 11.0 Å². The van der Waals surface area contributed by atoms with E-state index in [9.17, 15) is 0 Å². The van der Waals surface area contributed by atoms with E-state index in [2.05, 4.69) is 21.2 Å². The third kappa shape index (κ3) is 2.34. The summed E-state index contributed by atoms with van der Waals surface area (Å²) in [6.07, 6.45) is 0. The summed E-state index contributed by atoms with van der Waals surface area (Å²) in [7, 11) is 0. The molecule has 0 N–H and O–H groups in total. The van der Waals surface area contributed by atoms with E-state index in [1.165, 1.54) is 16.0 Å². The monoisotopic (exact) mass is 221 g/mol. The fourth-order valence-electron chi connectivity index (χ4n) is 0.939. The van der Waals surface area contributed by atoms with Crippen LogP contribution in [0.4, 0.5) is 0 Å². The topological polar surface area (TPSA) is 38.7 Å². The third-order valence-electron chi connectivity index (χ3n) is 1.52. The maximum absolute atomic E-state index is 4.14. The minimum absolute atomic E-state index is 1.10. The molecule has 0 fully saturated rings. The van der Waals surface area contributed by atoms with Crippen LogP contribution in [-0.2, 0) is 0 Å². The van der Waals surface area contributed by atoms with Gasteiger partial charge in [-0.15, -0.1) is 32.9 Å². The second-order valence-electron chi connectivity index (χ2n) is 2.40. The van der Waals surface area contributed by atoms with Crippen molar-refractivity contribution in [3.63, 3.8) is 0 Å². The van der Waals surface area contributed by atoms with E-state index in [-0.39, 0.29) is 0 Å². The Bertz CT molecular complexity index is 428. The Morgan fingerprint density at radius 1 is 0.929 bits per heavy atom. The van der Waals surface area contributed by atoms with Crippen molar-refractivity contribution in [2.24, 2.45) is 0 Å². The van der Waals surface area contributed by atoms with Gasteiger partial charge in [-0.25, -0.2) is 4.98 Å². The van der Waals surface area contributed by atoms with Crippen molar-refractivity contribution in [1.82, 2.24) is 15.2 Å². The van der Waals surface area contributed by atoms with Crippen molar-refractivity contribution in [3.05, 3.63) is 40.8 Å². The Kier molecular flexibility index (Phi) is 3.15. The molecule has 0 aliphatic rings. The van der Waals surface area contributed by atoms with Crippen LogP contribution in [0.1, 0.15) is 0 Å². The van der Waals surface area contributed by atoms with E-state index in [4.69, 9.17) is 0 Å². The highest BCUT2D eigenvalue weighted by Gasteiger charge is 1.89. The normalized spacial score (nSPS) is 9.43. The van der Waals surface area contributed by atoms with E-state index in [1.807, 2.05) is 23.7 Å². The number of fused-ring (bicyclic) bond motifs is 1. The number of nitrogens with zero attached hydrogens (tertiary/aromatic N) is 3. The number of hydrogen-bond acceptors (Lipinski definition) is 5.